The SMILES string of the molecule is CCOc1ccc(N(CC(=O)NC(C)C(C)C)S(=O)(=O)c2ccc(OC)c(OC)c2)cc1. The third kappa shape index (κ3) is 6.06. The van der Waals surface area contributed by atoms with Crippen LogP contribution in [-0.2, 0) is 14.8 Å². The minimum Gasteiger partial charge on any atom is -0.494 e. The van der Waals surface area contributed by atoms with Crippen molar-refractivity contribution >= 4 is 21.6 Å². The molecule has 0 radical (unpaired) electrons. The van der Waals surface area contributed by atoms with Gasteiger partial charge in [-0.05, 0) is 56.2 Å². The quantitative estimate of drug-likeness (QED) is 0.547. The van der Waals surface area contributed by atoms with Crippen LogP contribution in [0, 0.1) is 5.92 Å². The van der Waals surface area contributed by atoms with Crippen molar-refractivity contribution in [2.45, 2.75) is 38.6 Å². The number of carbonyl (C=O) groups excluding carboxylic acids is 1. The molecule has 0 fully saturated rings. The van der Waals surface area contributed by atoms with Gasteiger partial charge in [-0.3, -0.25) is 9.10 Å². The third-order valence-corrected chi connectivity index (χ3v) is 6.82. The van der Waals surface area contributed by atoms with E-state index in [2.05, 4.69) is 5.32 Å². The predicted octanol–water partition coefficient (Wildman–Crippen LogP) is 3.46. The minimum atomic E-state index is -4.09. The fraction of sp³-hybridized carbons (Fsp3) is 0.435. The standard InChI is InChI=1S/C23H32N2O6S/c1-7-31-19-10-8-18(9-11-19)25(15-23(26)24-17(4)16(2)3)32(27,28)20-12-13-21(29-5)22(14-20)30-6/h8-14,16-17H,7,15H2,1-6H3,(H,24,26). The highest BCUT2D eigenvalue weighted by Crippen LogP contribution is 2.32. The maximum absolute atomic E-state index is 13.6. The van der Waals surface area contributed by atoms with E-state index in [0.29, 0.717) is 23.8 Å². The van der Waals surface area contributed by atoms with Crippen molar-refractivity contribution in [3.8, 4) is 17.2 Å². The number of hydrogen-bond donors (Lipinski definition) is 1. The van der Waals surface area contributed by atoms with E-state index in [4.69, 9.17) is 14.2 Å². The van der Waals surface area contributed by atoms with E-state index < -0.39 is 15.9 Å². The van der Waals surface area contributed by atoms with Gasteiger partial charge in [0.2, 0.25) is 5.91 Å². The van der Waals surface area contributed by atoms with E-state index in [1.807, 2.05) is 27.7 Å². The number of nitrogens with zero attached hydrogens (tertiary/aromatic N) is 1. The first-order valence-electron chi connectivity index (χ1n) is 10.4. The molecule has 176 valence electrons. The maximum atomic E-state index is 13.6. The van der Waals surface area contributed by atoms with E-state index in [1.165, 1.54) is 32.4 Å². The average molecular weight is 465 g/mol. The summed E-state index contributed by atoms with van der Waals surface area (Å²) in [6, 6.07) is 10.8. The van der Waals surface area contributed by atoms with Gasteiger partial charge < -0.3 is 19.5 Å². The topological polar surface area (TPSA) is 94.2 Å². The summed E-state index contributed by atoms with van der Waals surface area (Å²) in [5.41, 5.74) is 0.343. The van der Waals surface area contributed by atoms with Gasteiger partial charge in [-0.15, -0.1) is 0 Å². The summed E-state index contributed by atoms with van der Waals surface area (Å²) >= 11 is 0. The molecule has 2 rings (SSSR count). The third-order valence-electron chi connectivity index (χ3n) is 5.05. The van der Waals surface area contributed by atoms with Gasteiger partial charge in [-0.2, -0.15) is 0 Å². The second kappa shape index (κ2) is 11.1. The van der Waals surface area contributed by atoms with Crippen LogP contribution < -0.4 is 23.8 Å². The fourth-order valence-electron chi connectivity index (χ4n) is 2.89. The molecule has 0 saturated heterocycles. The van der Waals surface area contributed by atoms with Crippen LogP contribution in [0.3, 0.4) is 0 Å². The van der Waals surface area contributed by atoms with Gasteiger partial charge in [0.15, 0.2) is 11.5 Å². The van der Waals surface area contributed by atoms with Crippen LogP contribution in [0.5, 0.6) is 17.2 Å². The van der Waals surface area contributed by atoms with Crippen molar-refractivity contribution in [2.75, 3.05) is 31.7 Å². The summed E-state index contributed by atoms with van der Waals surface area (Å²) in [5.74, 6) is 1.10. The monoisotopic (exact) mass is 464 g/mol. The fourth-order valence-corrected chi connectivity index (χ4v) is 4.33. The highest BCUT2D eigenvalue weighted by molar-refractivity contribution is 7.92. The second-order valence-corrected chi connectivity index (χ2v) is 9.42. The van der Waals surface area contributed by atoms with Crippen LogP contribution in [0.2, 0.25) is 0 Å². The lowest BCUT2D eigenvalue weighted by Crippen LogP contribution is -2.45. The van der Waals surface area contributed by atoms with Gasteiger partial charge in [0.1, 0.15) is 12.3 Å². The van der Waals surface area contributed by atoms with Gasteiger partial charge in [0.05, 0.1) is 31.4 Å². The molecule has 0 aliphatic rings. The normalized spacial score (nSPS) is 12.2. The van der Waals surface area contributed by atoms with E-state index in [-0.39, 0.29) is 29.1 Å². The second-order valence-electron chi connectivity index (χ2n) is 7.56. The Morgan fingerprint density at radius 2 is 1.62 bits per heavy atom. The number of anilines is 1. The van der Waals surface area contributed by atoms with Crippen LogP contribution in [-0.4, -0.2) is 47.7 Å². The summed E-state index contributed by atoms with van der Waals surface area (Å²) in [5, 5.41) is 2.86. The Labute approximate surface area is 190 Å². The lowest BCUT2D eigenvalue weighted by molar-refractivity contribution is -0.120. The van der Waals surface area contributed by atoms with Crippen molar-refractivity contribution in [1.82, 2.24) is 5.32 Å². The van der Waals surface area contributed by atoms with Gasteiger partial charge in [-0.1, -0.05) is 13.8 Å². The van der Waals surface area contributed by atoms with E-state index in [1.54, 1.807) is 24.3 Å². The smallest absolute Gasteiger partial charge is 0.264 e. The maximum Gasteiger partial charge on any atom is 0.264 e. The molecule has 2 aromatic rings. The van der Waals surface area contributed by atoms with Crippen molar-refractivity contribution in [3.05, 3.63) is 42.5 Å². The lowest BCUT2D eigenvalue weighted by atomic mass is 10.1. The van der Waals surface area contributed by atoms with Crippen LogP contribution in [0.15, 0.2) is 47.4 Å². The Kier molecular flexibility index (Phi) is 8.77. The summed E-state index contributed by atoms with van der Waals surface area (Å²) in [6.07, 6.45) is 0. The predicted molar refractivity (Wildman–Crippen MR) is 124 cm³/mol. The van der Waals surface area contributed by atoms with E-state index in [9.17, 15) is 13.2 Å². The molecule has 2 aromatic carbocycles. The number of rotatable bonds is 11. The van der Waals surface area contributed by atoms with Crippen LogP contribution >= 0.6 is 0 Å². The zero-order valence-corrected chi connectivity index (χ0v) is 20.2. The van der Waals surface area contributed by atoms with E-state index >= 15 is 0 Å². The molecule has 1 unspecified atom stereocenters. The minimum absolute atomic E-state index is 0.0197. The molecular weight excluding hydrogens is 432 g/mol. The number of methoxy groups -OCH3 is 2. The zero-order valence-electron chi connectivity index (χ0n) is 19.4. The molecule has 0 saturated carbocycles. The first-order chi connectivity index (χ1) is 15.1. The highest BCUT2D eigenvalue weighted by atomic mass is 32.2. The average Bonchev–Trinajstić information content (AvgIpc) is 2.77. The molecule has 32 heavy (non-hydrogen) atoms. The number of carbonyl (C=O) groups is 1. The molecule has 0 heterocycles. The Hall–Kier alpha value is -2.94. The molecular formula is C23H32N2O6S. The number of nitrogens with one attached hydrogen (secondary N) is 1. The first kappa shape index (κ1) is 25.3. The van der Waals surface area contributed by atoms with Crippen molar-refractivity contribution in [2.24, 2.45) is 5.92 Å². The van der Waals surface area contributed by atoms with Gasteiger partial charge in [0.25, 0.3) is 10.0 Å². The molecule has 8 nitrogen and oxygen atoms in total. The van der Waals surface area contributed by atoms with Crippen LogP contribution in [0.1, 0.15) is 27.7 Å². The molecule has 0 bridgehead atoms. The Morgan fingerprint density at radius 3 is 2.16 bits per heavy atom. The lowest BCUT2D eigenvalue weighted by Gasteiger charge is -2.26. The summed E-state index contributed by atoms with van der Waals surface area (Å²) in [7, 11) is -1.19. The Morgan fingerprint density at radius 1 is 1.00 bits per heavy atom. The van der Waals surface area contributed by atoms with Crippen molar-refractivity contribution in [3.63, 3.8) is 0 Å². The van der Waals surface area contributed by atoms with Crippen LogP contribution in [0.25, 0.3) is 0 Å². The van der Waals surface area contributed by atoms with Gasteiger partial charge >= 0.3 is 0 Å². The zero-order chi connectivity index (χ0) is 23.9. The van der Waals surface area contributed by atoms with Crippen molar-refractivity contribution < 1.29 is 27.4 Å². The summed E-state index contributed by atoms with van der Waals surface area (Å²) in [4.78, 5) is 12.7. The first-order valence-corrected chi connectivity index (χ1v) is 11.8. The van der Waals surface area contributed by atoms with Gasteiger partial charge in [-0.25, -0.2) is 8.42 Å². The Balaban J connectivity index is 2.47. The van der Waals surface area contributed by atoms with Crippen LogP contribution in [0.4, 0.5) is 5.69 Å². The van der Waals surface area contributed by atoms with Gasteiger partial charge in [0, 0.05) is 12.1 Å². The molecule has 1 N–H and O–H groups in total. The highest BCUT2D eigenvalue weighted by Gasteiger charge is 2.29. The molecule has 0 spiro atoms. The number of hydrogen-bond acceptors (Lipinski definition) is 6. The van der Waals surface area contributed by atoms with Crippen molar-refractivity contribution in [1.29, 1.82) is 0 Å². The summed E-state index contributed by atoms with van der Waals surface area (Å²) in [6.45, 7) is 7.82. The molecule has 0 aliphatic carbocycles. The van der Waals surface area contributed by atoms with E-state index in [0.717, 1.165) is 4.31 Å². The number of benzene rings is 2. The largest absolute Gasteiger partial charge is 0.494 e. The molecule has 9 heteroatoms. The number of amides is 1. The number of ether oxygens (including phenoxy) is 3. The molecule has 1 atom stereocenters. The molecule has 1 amide bonds. The number of sulfonamides is 1. The molecule has 0 aliphatic heterocycles. The Bertz CT molecular complexity index is 1010. The molecule has 0 aromatic heterocycles. The summed E-state index contributed by atoms with van der Waals surface area (Å²) < 4.78 is 44.2.